The van der Waals surface area contributed by atoms with Gasteiger partial charge in [0.15, 0.2) is 0 Å². The van der Waals surface area contributed by atoms with Crippen LogP contribution in [0.25, 0.3) is 0 Å². The van der Waals surface area contributed by atoms with Crippen molar-refractivity contribution < 1.29 is 27.9 Å². The second kappa shape index (κ2) is 6.46. The van der Waals surface area contributed by atoms with E-state index in [0.29, 0.717) is 4.90 Å². The van der Waals surface area contributed by atoms with E-state index in [1.54, 1.807) is 13.8 Å². The lowest BCUT2D eigenvalue weighted by molar-refractivity contribution is -0.140. The maximum atomic E-state index is 12.0. The number of carboxylic acid groups (broad SMARTS) is 1. The molecule has 0 aliphatic rings. The average Bonchev–Trinajstić information content (AvgIpc) is 2.12. The Morgan fingerprint density at radius 1 is 1.33 bits per heavy atom. The molecule has 106 valence electrons. The van der Waals surface area contributed by atoms with Crippen LogP contribution < -0.4 is 5.32 Å². The topological polar surface area (TPSA) is 69.6 Å². The summed E-state index contributed by atoms with van der Waals surface area (Å²) in [6.07, 6.45) is -4.36. The Kier molecular flexibility index (Phi) is 5.93. The number of carbonyl (C=O) groups excluding carboxylic acids is 1. The zero-order chi connectivity index (χ0) is 14.5. The number of nitrogens with zero attached hydrogens (tertiary/aromatic N) is 1. The van der Waals surface area contributed by atoms with Gasteiger partial charge in [0, 0.05) is 7.05 Å². The molecule has 0 aromatic carbocycles. The number of rotatable bonds is 5. The highest BCUT2D eigenvalue weighted by molar-refractivity contribution is 5.82. The Labute approximate surface area is 103 Å². The van der Waals surface area contributed by atoms with Gasteiger partial charge < -0.3 is 15.3 Å². The fraction of sp³-hybridized carbons (Fsp3) is 0.800. The quantitative estimate of drug-likeness (QED) is 0.798. The Morgan fingerprint density at radius 2 is 1.83 bits per heavy atom. The van der Waals surface area contributed by atoms with E-state index in [0.717, 1.165) is 7.05 Å². The van der Waals surface area contributed by atoms with Gasteiger partial charge in [0.25, 0.3) is 0 Å². The van der Waals surface area contributed by atoms with Gasteiger partial charge >= 0.3 is 18.2 Å². The lowest BCUT2D eigenvalue weighted by atomic mass is 10.0. The number of urea groups is 1. The van der Waals surface area contributed by atoms with E-state index in [1.165, 1.54) is 0 Å². The van der Waals surface area contributed by atoms with E-state index in [4.69, 9.17) is 5.11 Å². The van der Waals surface area contributed by atoms with Gasteiger partial charge in [-0.15, -0.1) is 0 Å². The van der Waals surface area contributed by atoms with Crippen molar-refractivity contribution in [3.63, 3.8) is 0 Å². The molecule has 0 aromatic rings. The fourth-order valence-electron chi connectivity index (χ4n) is 1.29. The number of halogens is 3. The number of alkyl halides is 3. The van der Waals surface area contributed by atoms with Gasteiger partial charge in [-0.1, -0.05) is 13.8 Å². The first-order valence-corrected chi connectivity index (χ1v) is 5.34. The van der Waals surface area contributed by atoms with E-state index in [9.17, 15) is 22.8 Å². The molecule has 2 amide bonds. The minimum absolute atomic E-state index is 0.000628. The first-order chi connectivity index (χ1) is 8.03. The third-order valence-electron chi connectivity index (χ3n) is 2.07. The third-order valence-corrected chi connectivity index (χ3v) is 2.07. The van der Waals surface area contributed by atoms with Gasteiger partial charge in [-0.05, 0) is 12.3 Å². The normalized spacial score (nSPS) is 13.3. The predicted molar refractivity (Wildman–Crippen MR) is 58.1 cm³/mol. The zero-order valence-electron chi connectivity index (χ0n) is 10.4. The maximum Gasteiger partial charge on any atom is 0.406 e. The molecule has 18 heavy (non-hydrogen) atoms. The molecule has 1 atom stereocenters. The van der Waals surface area contributed by atoms with Crippen molar-refractivity contribution in [2.45, 2.75) is 32.5 Å². The highest BCUT2D eigenvalue weighted by Crippen LogP contribution is 2.15. The van der Waals surface area contributed by atoms with Crippen LogP contribution in [0.2, 0.25) is 0 Å². The van der Waals surface area contributed by atoms with Gasteiger partial charge in [0.05, 0.1) is 0 Å². The molecule has 8 heteroatoms. The summed E-state index contributed by atoms with van der Waals surface area (Å²) < 4.78 is 36.1. The monoisotopic (exact) mass is 270 g/mol. The molecule has 2 N–H and O–H groups in total. The van der Waals surface area contributed by atoms with Crippen LogP contribution in [0.5, 0.6) is 0 Å². The SMILES string of the molecule is CC(C)C[C@@H](NC(=O)N(C)CC(F)(F)F)C(=O)O. The lowest BCUT2D eigenvalue weighted by Gasteiger charge is -2.23. The molecule has 0 unspecified atom stereocenters. The molecule has 5 nitrogen and oxygen atoms in total. The largest absolute Gasteiger partial charge is 0.480 e. The van der Waals surface area contributed by atoms with Gasteiger partial charge in [-0.3, -0.25) is 0 Å². The number of hydrogen-bond acceptors (Lipinski definition) is 2. The maximum absolute atomic E-state index is 12.0. The van der Waals surface area contributed by atoms with Crippen LogP contribution in [0.3, 0.4) is 0 Å². The highest BCUT2D eigenvalue weighted by atomic mass is 19.4. The molecule has 0 heterocycles. The van der Waals surface area contributed by atoms with Crippen LogP contribution in [-0.4, -0.2) is 47.8 Å². The van der Waals surface area contributed by atoms with Crippen LogP contribution in [0.4, 0.5) is 18.0 Å². The number of carboxylic acids is 1. The van der Waals surface area contributed by atoms with E-state index >= 15 is 0 Å². The van der Waals surface area contributed by atoms with E-state index in [2.05, 4.69) is 5.32 Å². The van der Waals surface area contributed by atoms with Crippen molar-refractivity contribution in [1.29, 1.82) is 0 Å². The first-order valence-electron chi connectivity index (χ1n) is 5.34. The van der Waals surface area contributed by atoms with Gasteiger partial charge in [-0.2, -0.15) is 13.2 Å². The number of hydrogen-bond donors (Lipinski definition) is 2. The van der Waals surface area contributed by atoms with Crippen molar-refractivity contribution in [3.8, 4) is 0 Å². The van der Waals surface area contributed by atoms with Crippen LogP contribution in [0.1, 0.15) is 20.3 Å². The molecule has 0 aliphatic heterocycles. The summed E-state index contributed by atoms with van der Waals surface area (Å²) in [6, 6.07) is -2.24. The molecular weight excluding hydrogens is 253 g/mol. The molecular formula is C10H17F3N2O3. The predicted octanol–water partition coefficient (Wildman–Crippen LogP) is 1.69. The number of aliphatic carboxylic acids is 1. The van der Waals surface area contributed by atoms with E-state index in [-0.39, 0.29) is 12.3 Å². The molecule has 0 aromatic heterocycles. The molecule has 0 spiro atoms. The standard InChI is InChI=1S/C10H17F3N2O3/c1-6(2)4-7(8(16)17)14-9(18)15(3)5-10(11,12)13/h6-7H,4-5H2,1-3H3,(H,14,18)(H,16,17)/t7-/m1/s1. The minimum atomic E-state index is -4.51. The van der Waals surface area contributed by atoms with Gasteiger partial charge in [0.2, 0.25) is 0 Å². The second-order valence-corrected chi connectivity index (χ2v) is 4.44. The van der Waals surface area contributed by atoms with E-state index in [1.807, 2.05) is 0 Å². The number of nitrogens with one attached hydrogen (secondary N) is 1. The Bertz CT molecular complexity index is 305. The summed E-state index contributed by atoms with van der Waals surface area (Å²) in [4.78, 5) is 22.6. The van der Waals surface area contributed by atoms with Crippen molar-refractivity contribution >= 4 is 12.0 Å². The number of amides is 2. The summed E-state index contributed by atoms with van der Waals surface area (Å²) >= 11 is 0. The van der Waals surface area contributed by atoms with E-state index < -0.39 is 30.8 Å². The molecule has 0 saturated heterocycles. The third kappa shape index (κ3) is 6.97. The summed E-state index contributed by atoms with van der Waals surface area (Å²) in [7, 11) is 0.955. The summed E-state index contributed by atoms with van der Waals surface area (Å²) in [5.41, 5.74) is 0. The van der Waals surface area contributed by atoms with Crippen molar-refractivity contribution in [1.82, 2.24) is 10.2 Å². The Balaban J connectivity index is 4.46. The summed E-state index contributed by atoms with van der Waals surface area (Å²) in [5, 5.41) is 10.9. The fourth-order valence-corrected chi connectivity index (χ4v) is 1.29. The molecule has 0 radical (unpaired) electrons. The highest BCUT2D eigenvalue weighted by Gasteiger charge is 2.32. The minimum Gasteiger partial charge on any atom is -0.480 e. The molecule has 0 saturated carbocycles. The van der Waals surface area contributed by atoms with Crippen molar-refractivity contribution in [3.05, 3.63) is 0 Å². The van der Waals surface area contributed by atoms with Crippen molar-refractivity contribution in [2.75, 3.05) is 13.6 Å². The van der Waals surface area contributed by atoms with Gasteiger partial charge in [-0.25, -0.2) is 9.59 Å². The molecule has 0 aliphatic carbocycles. The zero-order valence-corrected chi connectivity index (χ0v) is 10.4. The van der Waals surface area contributed by atoms with Gasteiger partial charge in [0.1, 0.15) is 12.6 Å². The Hall–Kier alpha value is -1.47. The average molecular weight is 270 g/mol. The van der Waals surface area contributed by atoms with Crippen LogP contribution in [-0.2, 0) is 4.79 Å². The lowest BCUT2D eigenvalue weighted by Crippen LogP contribution is -2.49. The second-order valence-electron chi connectivity index (χ2n) is 4.44. The smallest absolute Gasteiger partial charge is 0.406 e. The van der Waals surface area contributed by atoms with Crippen LogP contribution >= 0.6 is 0 Å². The molecule has 0 fully saturated rings. The molecule has 0 bridgehead atoms. The van der Waals surface area contributed by atoms with Crippen molar-refractivity contribution in [2.24, 2.45) is 5.92 Å². The molecule has 0 rings (SSSR count). The number of carbonyl (C=O) groups is 2. The van der Waals surface area contributed by atoms with Crippen LogP contribution in [0.15, 0.2) is 0 Å². The van der Waals surface area contributed by atoms with Crippen LogP contribution in [0, 0.1) is 5.92 Å². The summed E-state index contributed by atoms with van der Waals surface area (Å²) in [5.74, 6) is -1.27. The Morgan fingerprint density at radius 3 is 2.17 bits per heavy atom. The first kappa shape index (κ1) is 16.5. The summed E-state index contributed by atoms with van der Waals surface area (Å²) in [6.45, 7) is 2.08.